The van der Waals surface area contributed by atoms with Gasteiger partial charge >= 0.3 is 0 Å². The smallest absolute Gasteiger partial charge is 0.248 e. The molecule has 0 fully saturated rings. The van der Waals surface area contributed by atoms with Gasteiger partial charge < -0.3 is 10.2 Å². The van der Waals surface area contributed by atoms with Crippen LogP contribution in [0.4, 0.5) is 8.78 Å². The van der Waals surface area contributed by atoms with Gasteiger partial charge in [0, 0.05) is 11.8 Å². The van der Waals surface area contributed by atoms with Gasteiger partial charge in [0.15, 0.2) is 5.82 Å². The lowest BCUT2D eigenvalue weighted by molar-refractivity contribution is 0.0211. The maximum atomic E-state index is 12.7. The lowest BCUT2D eigenvalue weighted by Gasteiger charge is -2.14. The molecule has 0 amide bonds. The molecule has 1 aromatic heterocycles. The van der Waals surface area contributed by atoms with Crippen LogP contribution in [-0.2, 0) is 0 Å². The third-order valence-corrected chi connectivity index (χ3v) is 1.82. The Morgan fingerprint density at radius 3 is 2.67 bits per heavy atom. The van der Waals surface area contributed by atoms with E-state index in [0.29, 0.717) is 0 Å². The second kappa shape index (κ2) is 4.77. The lowest BCUT2D eigenvalue weighted by atomic mass is 10.0. The van der Waals surface area contributed by atoms with Gasteiger partial charge in [-0.3, -0.25) is 0 Å². The summed E-state index contributed by atoms with van der Waals surface area (Å²) in [5.41, 5.74) is -0.0725. The number of pyridine rings is 1. The van der Waals surface area contributed by atoms with Crippen molar-refractivity contribution in [3.63, 3.8) is 0 Å². The van der Waals surface area contributed by atoms with E-state index in [1.54, 1.807) is 6.07 Å². The van der Waals surface area contributed by atoms with Crippen molar-refractivity contribution in [3.05, 3.63) is 29.6 Å². The lowest BCUT2D eigenvalue weighted by Crippen LogP contribution is -2.18. The molecule has 0 aromatic carbocycles. The summed E-state index contributed by atoms with van der Waals surface area (Å²) in [5, 5.41) is 26.9. The van der Waals surface area contributed by atoms with E-state index in [4.69, 9.17) is 5.26 Å². The van der Waals surface area contributed by atoms with Gasteiger partial charge in [0.05, 0.1) is 18.6 Å². The largest absolute Gasteiger partial charge is 0.389 e. The van der Waals surface area contributed by atoms with E-state index < -0.39 is 24.0 Å². The van der Waals surface area contributed by atoms with E-state index in [-0.39, 0.29) is 12.0 Å². The second-order valence-electron chi connectivity index (χ2n) is 2.92. The number of aliphatic hydroxyl groups excluding tert-OH is 2. The fourth-order valence-electron chi connectivity index (χ4n) is 1.03. The number of nitriles is 1. The molecule has 80 valence electrons. The zero-order chi connectivity index (χ0) is 11.4. The monoisotopic (exact) mass is 214 g/mol. The minimum atomic E-state index is -1.45. The maximum absolute atomic E-state index is 12.7. The van der Waals surface area contributed by atoms with Crippen LogP contribution in [0.15, 0.2) is 12.3 Å². The summed E-state index contributed by atoms with van der Waals surface area (Å²) in [6.07, 6.45) is -2.20. The first kappa shape index (κ1) is 11.5. The van der Waals surface area contributed by atoms with Crippen LogP contribution in [0.2, 0.25) is 0 Å². The summed E-state index contributed by atoms with van der Waals surface area (Å²) in [6.45, 7) is 0. The molecule has 4 nitrogen and oxygen atoms in total. The summed E-state index contributed by atoms with van der Waals surface area (Å²) in [4.78, 5) is 3.05. The van der Waals surface area contributed by atoms with Gasteiger partial charge in [-0.1, -0.05) is 0 Å². The van der Waals surface area contributed by atoms with Crippen molar-refractivity contribution in [2.45, 2.75) is 18.6 Å². The van der Waals surface area contributed by atoms with Crippen LogP contribution in [-0.4, -0.2) is 21.3 Å². The molecule has 2 unspecified atom stereocenters. The van der Waals surface area contributed by atoms with E-state index in [1.165, 1.54) is 0 Å². The Balaban J connectivity index is 2.87. The van der Waals surface area contributed by atoms with Crippen molar-refractivity contribution >= 4 is 0 Å². The van der Waals surface area contributed by atoms with Gasteiger partial charge in [0.2, 0.25) is 5.95 Å². The molecule has 1 heterocycles. The van der Waals surface area contributed by atoms with Gasteiger partial charge in [-0.15, -0.1) is 0 Å². The fraction of sp³-hybridized carbons (Fsp3) is 0.333. The minimum absolute atomic E-state index is 0.0725. The van der Waals surface area contributed by atoms with Crippen molar-refractivity contribution < 1.29 is 19.0 Å². The Labute approximate surface area is 84.4 Å². The Bertz CT molecular complexity index is 392. The van der Waals surface area contributed by atoms with Crippen molar-refractivity contribution in [2.75, 3.05) is 0 Å². The molecular weight excluding hydrogens is 206 g/mol. The van der Waals surface area contributed by atoms with E-state index in [0.717, 1.165) is 12.3 Å². The molecule has 2 N–H and O–H groups in total. The molecule has 6 heteroatoms. The number of rotatable bonds is 3. The molecule has 0 bridgehead atoms. The van der Waals surface area contributed by atoms with E-state index >= 15 is 0 Å². The standard InChI is InChI=1S/C9H8F2N2O2/c10-6-3-5(4-13-9(6)11)8(15)7(14)1-2-12/h3-4,7-8,14-15H,1H2. The van der Waals surface area contributed by atoms with Gasteiger partial charge in [-0.05, 0) is 6.07 Å². The highest BCUT2D eigenvalue weighted by Crippen LogP contribution is 2.19. The predicted molar refractivity (Wildman–Crippen MR) is 45.3 cm³/mol. The Morgan fingerprint density at radius 1 is 1.47 bits per heavy atom. The summed E-state index contributed by atoms with van der Waals surface area (Å²) < 4.78 is 25.1. The molecule has 0 saturated carbocycles. The molecule has 1 aromatic rings. The van der Waals surface area contributed by atoms with Gasteiger partial charge in [-0.2, -0.15) is 9.65 Å². The number of aromatic nitrogens is 1. The van der Waals surface area contributed by atoms with Crippen LogP contribution in [0.3, 0.4) is 0 Å². The first-order valence-electron chi connectivity index (χ1n) is 4.10. The van der Waals surface area contributed by atoms with Crippen LogP contribution in [0.25, 0.3) is 0 Å². The fourth-order valence-corrected chi connectivity index (χ4v) is 1.03. The number of aliphatic hydroxyl groups is 2. The number of hydrogen-bond donors (Lipinski definition) is 2. The van der Waals surface area contributed by atoms with Crippen LogP contribution in [0.1, 0.15) is 18.1 Å². The average molecular weight is 214 g/mol. The average Bonchev–Trinajstić information content (AvgIpc) is 2.21. The number of halogens is 2. The first-order valence-corrected chi connectivity index (χ1v) is 4.10. The van der Waals surface area contributed by atoms with Crippen molar-refractivity contribution in [3.8, 4) is 6.07 Å². The molecule has 15 heavy (non-hydrogen) atoms. The van der Waals surface area contributed by atoms with Crippen LogP contribution in [0.5, 0.6) is 0 Å². The molecule has 0 aliphatic heterocycles. The summed E-state index contributed by atoms with van der Waals surface area (Å²) in [5.74, 6) is -2.49. The molecule has 2 atom stereocenters. The van der Waals surface area contributed by atoms with E-state index in [9.17, 15) is 19.0 Å². The van der Waals surface area contributed by atoms with Gasteiger partial charge in [0.25, 0.3) is 0 Å². The van der Waals surface area contributed by atoms with E-state index in [2.05, 4.69) is 4.98 Å². The molecule has 0 aliphatic rings. The summed E-state index contributed by atoms with van der Waals surface area (Å²) in [6, 6.07) is 2.38. The molecule has 0 saturated heterocycles. The topological polar surface area (TPSA) is 77.1 Å². The quantitative estimate of drug-likeness (QED) is 0.725. The maximum Gasteiger partial charge on any atom is 0.248 e. The number of nitrogens with zero attached hydrogens (tertiary/aromatic N) is 2. The highest BCUT2D eigenvalue weighted by Gasteiger charge is 2.19. The Kier molecular flexibility index (Phi) is 3.66. The van der Waals surface area contributed by atoms with Gasteiger partial charge in [-0.25, -0.2) is 9.37 Å². The summed E-state index contributed by atoms with van der Waals surface area (Å²) >= 11 is 0. The second-order valence-corrected chi connectivity index (χ2v) is 2.92. The van der Waals surface area contributed by atoms with Crippen molar-refractivity contribution in [2.24, 2.45) is 0 Å². The Hall–Kier alpha value is -1.58. The molecule has 1 rings (SSSR count). The SMILES string of the molecule is N#CCC(O)C(O)c1cnc(F)c(F)c1. The molecule has 0 radical (unpaired) electrons. The van der Waals surface area contributed by atoms with Crippen LogP contribution in [0, 0.1) is 23.1 Å². The van der Waals surface area contributed by atoms with Crippen LogP contribution >= 0.6 is 0 Å². The Morgan fingerprint density at radius 2 is 2.13 bits per heavy atom. The highest BCUT2D eigenvalue weighted by atomic mass is 19.2. The number of hydrogen-bond acceptors (Lipinski definition) is 4. The zero-order valence-corrected chi connectivity index (χ0v) is 7.56. The normalized spacial score (nSPS) is 14.3. The molecule has 0 aliphatic carbocycles. The predicted octanol–water partition coefficient (Wildman–Crippen LogP) is 0.668. The highest BCUT2D eigenvalue weighted by molar-refractivity contribution is 5.15. The summed E-state index contributed by atoms with van der Waals surface area (Å²) in [7, 11) is 0. The third kappa shape index (κ3) is 2.68. The van der Waals surface area contributed by atoms with Gasteiger partial charge in [0.1, 0.15) is 6.10 Å². The minimum Gasteiger partial charge on any atom is -0.389 e. The molecular formula is C9H8F2N2O2. The van der Waals surface area contributed by atoms with Crippen LogP contribution < -0.4 is 0 Å². The van der Waals surface area contributed by atoms with Crippen molar-refractivity contribution in [1.82, 2.24) is 4.98 Å². The molecule has 0 spiro atoms. The third-order valence-electron chi connectivity index (χ3n) is 1.82. The van der Waals surface area contributed by atoms with E-state index in [1.807, 2.05) is 0 Å². The first-order chi connectivity index (χ1) is 7.06. The zero-order valence-electron chi connectivity index (χ0n) is 7.56. The van der Waals surface area contributed by atoms with Crippen molar-refractivity contribution in [1.29, 1.82) is 5.26 Å².